The minimum atomic E-state index is -5.14. The van der Waals surface area contributed by atoms with Gasteiger partial charge in [0.1, 0.15) is 12.4 Å². The number of halogens is 3. The van der Waals surface area contributed by atoms with E-state index in [2.05, 4.69) is 20.0 Å². The van der Waals surface area contributed by atoms with E-state index in [0.717, 1.165) is 17.0 Å². The predicted molar refractivity (Wildman–Crippen MR) is 145 cm³/mol. The molecule has 43 heavy (non-hydrogen) atoms. The van der Waals surface area contributed by atoms with Crippen LogP contribution in [-0.4, -0.2) is 69.3 Å². The molecule has 0 radical (unpaired) electrons. The van der Waals surface area contributed by atoms with Crippen molar-refractivity contribution in [1.82, 2.24) is 14.9 Å². The molecule has 226 valence electrons. The van der Waals surface area contributed by atoms with Gasteiger partial charge in [-0.05, 0) is 51.1 Å². The first-order chi connectivity index (χ1) is 20.3. The molecule has 0 saturated carbocycles. The number of carboxylic acids is 1. The first kappa shape index (κ1) is 30.7. The number of carbonyl (C=O) groups is 4. The standard InChI is InChI=1S/C28H26F3N5O7/c1-4-42-22(37)14-35(15(2)3)23-17(13-36-24(38)18-7-5-6-8-19(18)25(36)39)12-32-27(34-23)33-20-10-9-16(26(40)41)11-21(20)43-28(29,30)31/h5-12,15H,4,13-14H2,1-3H3,(H,40,41)(H,32,33,34). The molecule has 2 aromatic carbocycles. The van der Waals surface area contributed by atoms with Crippen LogP contribution in [0.2, 0.25) is 0 Å². The topological polar surface area (TPSA) is 151 Å². The molecule has 0 bridgehead atoms. The summed E-state index contributed by atoms with van der Waals surface area (Å²) in [5.41, 5.74) is -0.0537. The van der Waals surface area contributed by atoms with E-state index in [0.29, 0.717) is 6.07 Å². The molecule has 2 N–H and O–H groups in total. The summed E-state index contributed by atoms with van der Waals surface area (Å²) in [4.78, 5) is 61.0. The van der Waals surface area contributed by atoms with E-state index in [1.165, 1.54) is 23.2 Å². The van der Waals surface area contributed by atoms with Crippen molar-refractivity contribution in [2.24, 2.45) is 0 Å². The summed E-state index contributed by atoms with van der Waals surface area (Å²) in [5, 5.41) is 11.8. The normalized spacial score (nSPS) is 12.8. The molecule has 0 fully saturated rings. The summed E-state index contributed by atoms with van der Waals surface area (Å²) in [7, 11) is 0. The molecule has 4 rings (SSSR count). The Morgan fingerprint density at radius 1 is 1.09 bits per heavy atom. The molecule has 3 aromatic rings. The molecule has 0 saturated heterocycles. The number of anilines is 3. The maximum Gasteiger partial charge on any atom is 0.573 e. The SMILES string of the molecule is CCOC(=O)CN(c1nc(Nc2ccc(C(=O)O)cc2OC(F)(F)F)ncc1CN1C(=O)c2ccccc2C1=O)C(C)C. The van der Waals surface area contributed by atoms with Gasteiger partial charge in [-0.2, -0.15) is 4.98 Å². The molecule has 15 heteroatoms. The number of hydrogen-bond donors (Lipinski definition) is 2. The number of nitrogens with one attached hydrogen (secondary N) is 1. The molecule has 0 spiro atoms. The molecular weight excluding hydrogens is 575 g/mol. The van der Waals surface area contributed by atoms with Gasteiger partial charge in [0, 0.05) is 17.8 Å². The third-order valence-electron chi connectivity index (χ3n) is 6.25. The number of benzene rings is 2. The summed E-state index contributed by atoms with van der Waals surface area (Å²) < 4.78 is 48.4. The Kier molecular flexibility index (Phi) is 8.82. The van der Waals surface area contributed by atoms with Gasteiger partial charge >= 0.3 is 18.3 Å². The van der Waals surface area contributed by atoms with Gasteiger partial charge in [0.2, 0.25) is 5.95 Å². The number of imide groups is 1. The number of carboxylic acid groups (broad SMARTS) is 1. The summed E-state index contributed by atoms with van der Waals surface area (Å²) in [5.74, 6) is -4.14. The van der Waals surface area contributed by atoms with Crippen molar-refractivity contribution in [2.75, 3.05) is 23.4 Å². The van der Waals surface area contributed by atoms with Gasteiger partial charge in [-0.25, -0.2) is 9.78 Å². The Balaban J connectivity index is 1.76. The number of ether oxygens (including phenoxy) is 2. The molecule has 2 amide bonds. The van der Waals surface area contributed by atoms with Crippen LogP contribution >= 0.6 is 0 Å². The van der Waals surface area contributed by atoms with E-state index in [9.17, 15) is 37.5 Å². The van der Waals surface area contributed by atoms with Crippen LogP contribution in [0.15, 0.2) is 48.7 Å². The lowest BCUT2D eigenvalue weighted by Crippen LogP contribution is -2.39. The van der Waals surface area contributed by atoms with Crippen LogP contribution in [0.5, 0.6) is 5.75 Å². The number of aromatic carboxylic acids is 1. The number of alkyl halides is 3. The summed E-state index contributed by atoms with van der Waals surface area (Å²) in [6, 6.07) is 8.73. The average molecular weight is 602 g/mol. The van der Waals surface area contributed by atoms with Crippen LogP contribution in [-0.2, 0) is 16.1 Å². The van der Waals surface area contributed by atoms with Crippen LogP contribution in [0, 0.1) is 0 Å². The largest absolute Gasteiger partial charge is 0.573 e. The zero-order valence-corrected chi connectivity index (χ0v) is 23.1. The van der Waals surface area contributed by atoms with Crippen LogP contribution in [0.1, 0.15) is 57.4 Å². The van der Waals surface area contributed by atoms with Crippen molar-refractivity contribution in [3.8, 4) is 5.75 Å². The summed E-state index contributed by atoms with van der Waals surface area (Å²) in [6.45, 7) is 4.68. The number of aromatic nitrogens is 2. The molecule has 1 aliphatic heterocycles. The summed E-state index contributed by atoms with van der Waals surface area (Å²) in [6.07, 6.45) is -3.87. The maximum atomic E-state index is 13.1. The Hall–Kier alpha value is -5.21. The smallest absolute Gasteiger partial charge is 0.478 e. The number of fused-ring (bicyclic) bond motifs is 1. The van der Waals surface area contributed by atoms with E-state index in [-0.39, 0.29) is 59.9 Å². The molecule has 0 atom stereocenters. The zero-order valence-electron chi connectivity index (χ0n) is 23.1. The van der Waals surface area contributed by atoms with Gasteiger partial charge < -0.3 is 24.8 Å². The lowest BCUT2D eigenvalue weighted by molar-refractivity contribution is -0.274. The van der Waals surface area contributed by atoms with Crippen LogP contribution in [0.25, 0.3) is 0 Å². The van der Waals surface area contributed by atoms with E-state index in [4.69, 9.17) is 4.74 Å². The fourth-order valence-electron chi connectivity index (χ4n) is 4.31. The number of esters is 1. The highest BCUT2D eigenvalue weighted by atomic mass is 19.4. The van der Waals surface area contributed by atoms with Gasteiger partial charge in [0.25, 0.3) is 11.8 Å². The fraction of sp³-hybridized carbons (Fsp3) is 0.286. The number of carbonyl (C=O) groups excluding carboxylic acids is 3. The van der Waals surface area contributed by atoms with Crippen molar-refractivity contribution in [1.29, 1.82) is 0 Å². The molecule has 1 aromatic heterocycles. The van der Waals surface area contributed by atoms with Crippen LogP contribution < -0.4 is 15.0 Å². The highest BCUT2D eigenvalue weighted by Gasteiger charge is 2.36. The van der Waals surface area contributed by atoms with Gasteiger partial charge in [-0.1, -0.05) is 12.1 Å². The first-order valence-corrected chi connectivity index (χ1v) is 12.9. The number of rotatable bonds is 11. The molecule has 0 aliphatic carbocycles. The second-order valence-corrected chi connectivity index (χ2v) is 9.50. The fourth-order valence-corrected chi connectivity index (χ4v) is 4.31. The van der Waals surface area contributed by atoms with Crippen molar-refractivity contribution >= 4 is 41.2 Å². The van der Waals surface area contributed by atoms with Gasteiger partial charge in [-0.3, -0.25) is 19.3 Å². The van der Waals surface area contributed by atoms with Gasteiger partial charge in [0.05, 0.1) is 35.5 Å². The van der Waals surface area contributed by atoms with E-state index in [1.807, 2.05) is 0 Å². The maximum absolute atomic E-state index is 13.1. The third-order valence-corrected chi connectivity index (χ3v) is 6.25. The highest BCUT2D eigenvalue weighted by Crippen LogP contribution is 2.34. The Morgan fingerprint density at radius 2 is 1.74 bits per heavy atom. The van der Waals surface area contributed by atoms with E-state index < -0.39 is 41.4 Å². The zero-order chi connectivity index (χ0) is 31.5. The highest BCUT2D eigenvalue weighted by molar-refractivity contribution is 6.21. The number of nitrogens with zero attached hydrogens (tertiary/aromatic N) is 4. The Morgan fingerprint density at radius 3 is 2.30 bits per heavy atom. The van der Waals surface area contributed by atoms with Crippen molar-refractivity contribution < 1.29 is 46.9 Å². The van der Waals surface area contributed by atoms with Gasteiger partial charge in [0.15, 0.2) is 5.75 Å². The number of amides is 2. The molecule has 12 nitrogen and oxygen atoms in total. The lowest BCUT2D eigenvalue weighted by Gasteiger charge is -2.29. The monoisotopic (exact) mass is 601 g/mol. The molecular formula is C28H26F3N5O7. The van der Waals surface area contributed by atoms with Crippen molar-refractivity contribution in [3.05, 3.63) is 70.9 Å². The summed E-state index contributed by atoms with van der Waals surface area (Å²) >= 11 is 0. The second kappa shape index (κ2) is 12.3. The van der Waals surface area contributed by atoms with Crippen molar-refractivity contribution in [3.63, 3.8) is 0 Å². The molecule has 0 unspecified atom stereocenters. The van der Waals surface area contributed by atoms with Crippen LogP contribution in [0.3, 0.4) is 0 Å². The number of hydrogen-bond acceptors (Lipinski definition) is 10. The van der Waals surface area contributed by atoms with E-state index in [1.54, 1.807) is 32.9 Å². The Bertz CT molecular complexity index is 1540. The van der Waals surface area contributed by atoms with Crippen LogP contribution in [0.4, 0.5) is 30.6 Å². The molecule has 1 aliphatic rings. The first-order valence-electron chi connectivity index (χ1n) is 12.9. The third kappa shape index (κ3) is 6.99. The average Bonchev–Trinajstić information content (AvgIpc) is 3.17. The Labute approximate surface area is 243 Å². The quantitative estimate of drug-likeness (QED) is 0.238. The van der Waals surface area contributed by atoms with Crippen molar-refractivity contribution in [2.45, 2.75) is 39.7 Å². The minimum absolute atomic E-state index is 0.0950. The predicted octanol–water partition coefficient (Wildman–Crippen LogP) is 4.39. The van der Waals surface area contributed by atoms with Gasteiger partial charge in [-0.15, -0.1) is 13.2 Å². The minimum Gasteiger partial charge on any atom is -0.478 e. The molecule has 2 heterocycles. The lowest BCUT2D eigenvalue weighted by atomic mass is 10.1. The van der Waals surface area contributed by atoms with E-state index >= 15 is 0 Å². The second-order valence-electron chi connectivity index (χ2n) is 9.50.